The summed E-state index contributed by atoms with van der Waals surface area (Å²) in [5.74, 6) is 1.58. The Morgan fingerprint density at radius 1 is 1.38 bits per heavy atom. The van der Waals surface area contributed by atoms with Crippen molar-refractivity contribution in [3.8, 4) is 0 Å². The van der Waals surface area contributed by atoms with E-state index in [1.165, 1.54) is 23.3 Å². The highest BCUT2D eigenvalue weighted by molar-refractivity contribution is 8.00. The van der Waals surface area contributed by atoms with Crippen LogP contribution in [-0.4, -0.2) is 25.9 Å². The first-order chi connectivity index (χ1) is 7.78. The van der Waals surface area contributed by atoms with E-state index in [-0.39, 0.29) is 0 Å². The molecular formula is C9H11N5S2. The maximum absolute atomic E-state index is 4.40. The highest BCUT2D eigenvalue weighted by atomic mass is 32.2. The highest BCUT2D eigenvalue weighted by Crippen LogP contribution is 2.27. The molecule has 0 aromatic carbocycles. The average Bonchev–Trinajstić information content (AvgIpc) is 2.65. The van der Waals surface area contributed by atoms with Crippen LogP contribution in [0.4, 0.5) is 5.82 Å². The molecule has 0 amide bonds. The summed E-state index contributed by atoms with van der Waals surface area (Å²) in [6.45, 7) is 4.73. The van der Waals surface area contributed by atoms with Crippen LogP contribution in [0.1, 0.15) is 12.7 Å². The van der Waals surface area contributed by atoms with E-state index in [1.807, 2.05) is 13.8 Å². The van der Waals surface area contributed by atoms with Gasteiger partial charge in [-0.15, -0.1) is 0 Å². The maximum Gasteiger partial charge on any atom is 0.176 e. The predicted octanol–water partition coefficient (Wildman–Crippen LogP) is 2.22. The number of nitrogens with one attached hydrogen (secondary N) is 1. The Morgan fingerprint density at radius 2 is 2.25 bits per heavy atom. The Bertz CT molecular complexity index is 470. The molecule has 0 spiro atoms. The lowest BCUT2D eigenvalue weighted by Crippen LogP contribution is -2.00. The monoisotopic (exact) mass is 253 g/mol. The van der Waals surface area contributed by atoms with Gasteiger partial charge in [0, 0.05) is 6.54 Å². The second-order valence-electron chi connectivity index (χ2n) is 2.98. The quantitative estimate of drug-likeness (QED) is 0.901. The summed E-state index contributed by atoms with van der Waals surface area (Å²) in [4.78, 5) is 12.8. The van der Waals surface area contributed by atoms with Crippen molar-refractivity contribution in [1.29, 1.82) is 0 Å². The van der Waals surface area contributed by atoms with Crippen LogP contribution in [0.15, 0.2) is 21.8 Å². The summed E-state index contributed by atoms with van der Waals surface area (Å²) < 4.78 is 5.01. The van der Waals surface area contributed by atoms with Crippen LogP contribution in [0.2, 0.25) is 0 Å². The molecule has 16 heavy (non-hydrogen) atoms. The van der Waals surface area contributed by atoms with Gasteiger partial charge in [-0.05, 0) is 37.1 Å². The SMILES string of the molecule is CCNc1cncc(Sc2nc(C)ns2)n1. The van der Waals surface area contributed by atoms with Gasteiger partial charge < -0.3 is 5.32 Å². The summed E-state index contributed by atoms with van der Waals surface area (Å²) >= 11 is 2.86. The van der Waals surface area contributed by atoms with E-state index < -0.39 is 0 Å². The molecule has 2 rings (SSSR count). The van der Waals surface area contributed by atoms with E-state index in [4.69, 9.17) is 0 Å². The van der Waals surface area contributed by atoms with E-state index in [9.17, 15) is 0 Å². The van der Waals surface area contributed by atoms with Gasteiger partial charge in [-0.1, -0.05) is 0 Å². The van der Waals surface area contributed by atoms with E-state index in [2.05, 4.69) is 24.6 Å². The summed E-state index contributed by atoms with van der Waals surface area (Å²) in [5, 5.41) is 3.95. The van der Waals surface area contributed by atoms with Crippen LogP contribution >= 0.6 is 23.3 Å². The van der Waals surface area contributed by atoms with Crippen molar-refractivity contribution in [2.45, 2.75) is 23.2 Å². The molecule has 0 unspecified atom stereocenters. The van der Waals surface area contributed by atoms with Crippen LogP contribution in [0, 0.1) is 6.92 Å². The molecule has 0 saturated heterocycles. The molecule has 0 atom stereocenters. The van der Waals surface area contributed by atoms with Crippen molar-refractivity contribution in [3.63, 3.8) is 0 Å². The van der Waals surface area contributed by atoms with Crippen LogP contribution < -0.4 is 5.32 Å². The molecule has 2 aromatic heterocycles. The molecule has 0 aliphatic rings. The number of aryl methyl sites for hydroxylation is 1. The first-order valence-electron chi connectivity index (χ1n) is 4.82. The van der Waals surface area contributed by atoms with Crippen LogP contribution in [0.25, 0.3) is 0 Å². The zero-order chi connectivity index (χ0) is 11.4. The van der Waals surface area contributed by atoms with Gasteiger partial charge in [-0.25, -0.2) is 9.97 Å². The van der Waals surface area contributed by atoms with Gasteiger partial charge in [0.1, 0.15) is 16.7 Å². The number of hydrogen-bond acceptors (Lipinski definition) is 7. The van der Waals surface area contributed by atoms with Gasteiger partial charge in [0.2, 0.25) is 0 Å². The molecule has 1 N–H and O–H groups in total. The standard InChI is InChI=1S/C9H11N5S2/c1-3-11-7-4-10-5-8(13-7)15-9-12-6(2)14-16-9/h4-5H,3H2,1-2H3,(H,11,13). The topological polar surface area (TPSA) is 63.6 Å². The summed E-state index contributed by atoms with van der Waals surface area (Å²) in [6.07, 6.45) is 3.43. The van der Waals surface area contributed by atoms with Gasteiger partial charge >= 0.3 is 0 Å². The third-order valence-corrected chi connectivity index (χ3v) is 3.42. The molecule has 84 valence electrons. The third-order valence-electron chi connectivity index (χ3n) is 1.67. The fraction of sp³-hybridized carbons (Fsp3) is 0.333. The minimum atomic E-state index is 0.786. The Labute approximate surface area is 102 Å². The average molecular weight is 253 g/mol. The Balaban J connectivity index is 2.12. The molecule has 2 heterocycles. The zero-order valence-electron chi connectivity index (χ0n) is 8.97. The summed E-state index contributed by atoms with van der Waals surface area (Å²) in [5.41, 5.74) is 0. The minimum Gasteiger partial charge on any atom is -0.369 e. The first-order valence-corrected chi connectivity index (χ1v) is 6.41. The lowest BCUT2D eigenvalue weighted by atomic mass is 10.6. The molecule has 5 nitrogen and oxygen atoms in total. The number of anilines is 1. The lowest BCUT2D eigenvalue weighted by molar-refractivity contribution is 1.02. The van der Waals surface area contributed by atoms with E-state index in [0.29, 0.717) is 0 Å². The fourth-order valence-electron chi connectivity index (χ4n) is 1.07. The van der Waals surface area contributed by atoms with Crippen LogP contribution in [0.3, 0.4) is 0 Å². The van der Waals surface area contributed by atoms with Gasteiger partial charge in [-0.3, -0.25) is 4.98 Å². The first kappa shape index (κ1) is 11.3. The fourth-order valence-corrected chi connectivity index (χ4v) is 2.63. The van der Waals surface area contributed by atoms with Crippen LogP contribution in [-0.2, 0) is 0 Å². The number of nitrogens with zero attached hydrogens (tertiary/aromatic N) is 4. The predicted molar refractivity (Wildman–Crippen MR) is 65.0 cm³/mol. The van der Waals surface area contributed by atoms with Gasteiger partial charge in [0.25, 0.3) is 0 Å². The van der Waals surface area contributed by atoms with Crippen molar-refractivity contribution in [1.82, 2.24) is 19.3 Å². The molecule has 0 radical (unpaired) electrons. The summed E-state index contributed by atoms with van der Waals surface area (Å²) in [7, 11) is 0. The van der Waals surface area contributed by atoms with E-state index in [0.717, 1.165) is 27.6 Å². The number of aromatic nitrogens is 4. The number of rotatable bonds is 4. The molecule has 0 aliphatic carbocycles. The minimum absolute atomic E-state index is 0.786. The molecule has 2 aromatic rings. The normalized spacial score (nSPS) is 10.4. The zero-order valence-corrected chi connectivity index (χ0v) is 10.6. The van der Waals surface area contributed by atoms with Crippen molar-refractivity contribution in [2.75, 3.05) is 11.9 Å². The van der Waals surface area contributed by atoms with Gasteiger partial charge in [0.15, 0.2) is 4.34 Å². The Hall–Kier alpha value is -1.21. The van der Waals surface area contributed by atoms with Gasteiger partial charge in [-0.2, -0.15) is 4.37 Å². The molecule has 7 heteroatoms. The van der Waals surface area contributed by atoms with Crippen LogP contribution in [0.5, 0.6) is 0 Å². The molecule has 0 bridgehead atoms. The van der Waals surface area contributed by atoms with Crippen molar-refractivity contribution in [2.24, 2.45) is 0 Å². The molecule has 0 fully saturated rings. The van der Waals surface area contributed by atoms with Crippen molar-refractivity contribution < 1.29 is 0 Å². The highest BCUT2D eigenvalue weighted by Gasteiger charge is 2.05. The van der Waals surface area contributed by atoms with E-state index in [1.54, 1.807) is 12.4 Å². The largest absolute Gasteiger partial charge is 0.369 e. The smallest absolute Gasteiger partial charge is 0.176 e. The Morgan fingerprint density at radius 3 is 2.94 bits per heavy atom. The molecule has 0 aliphatic heterocycles. The second-order valence-corrected chi connectivity index (χ2v) is 5.00. The van der Waals surface area contributed by atoms with E-state index >= 15 is 0 Å². The lowest BCUT2D eigenvalue weighted by Gasteiger charge is -2.02. The summed E-state index contributed by atoms with van der Waals surface area (Å²) in [6, 6.07) is 0. The van der Waals surface area contributed by atoms with Crippen molar-refractivity contribution >= 4 is 29.1 Å². The van der Waals surface area contributed by atoms with Crippen molar-refractivity contribution in [3.05, 3.63) is 18.2 Å². The number of hydrogen-bond donors (Lipinski definition) is 1. The Kier molecular flexibility index (Phi) is 3.68. The second kappa shape index (κ2) is 5.22. The third kappa shape index (κ3) is 2.89. The maximum atomic E-state index is 4.40. The molecular weight excluding hydrogens is 242 g/mol. The molecule has 0 saturated carbocycles. The van der Waals surface area contributed by atoms with Gasteiger partial charge in [0.05, 0.1) is 12.4 Å².